The van der Waals surface area contributed by atoms with Gasteiger partial charge >= 0.3 is 0 Å². The highest BCUT2D eigenvalue weighted by Crippen LogP contribution is 2.32. The topological polar surface area (TPSA) is 104 Å². The fourth-order valence-corrected chi connectivity index (χ4v) is 4.34. The van der Waals surface area contributed by atoms with Crippen molar-refractivity contribution in [3.63, 3.8) is 0 Å². The summed E-state index contributed by atoms with van der Waals surface area (Å²) in [5.74, 6) is 0.947. The lowest BCUT2D eigenvalue weighted by Crippen LogP contribution is -2.26. The first-order valence-corrected chi connectivity index (χ1v) is 9.11. The average molecular weight is 372 g/mol. The molecule has 1 aromatic heterocycles. The molecule has 0 bridgehead atoms. The number of aromatic nitrogens is 4. The van der Waals surface area contributed by atoms with Crippen LogP contribution < -0.4 is 5.73 Å². The van der Waals surface area contributed by atoms with Crippen LogP contribution in [0.4, 0.5) is 5.69 Å². The quantitative estimate of drug-likeness (QED) is 0.800. The minimum absolute atomic E-state index is 0.00754. The molecule has 2 N–H and O–H groups in total. The monoisotopic (exact) mass is 371 g/mol. The van der Waals surface area contributed by atoms with Crippen molar-refractivity contribution >= 4 is 31.5 Å². The highest BCUT2D eigenvalue weighted by atomic mass is 79.9. The van der Waals surface area contributed by atoms with E-state index in [0.29, 0.717) is 24.4 Å². The smallest absolute Gasteiger partial charge is 0.183 e. The van der Waals surface area contributed by atoms with Gasteiger partial charge in [-0.15, -0.1) is 5.10 Å². The molecule has 0 spiro atoms. The van der Waals surface area contributed by atoms with Crippen molar-refractivity contribution in [3.8, 4) is 11.4 Å². The molecule has 2 heterocycles. The van der Waals surface area contributed by atoms with Gasteiger partial charge in [-0.25, -0.2) is 13.1 Å². The Morgan fingerprint density at radius 2 is 2.00 bits per heavy atom. The van der Waals surface area contributed by atoms with E-state index in [9.17, 15) is 8.42 Å². The molecule has 1 aliphatic rings. The third-order valence-corrected chi connectivity index (χ3v) is 6.00. The van der Waals surface area contributed by atoms with Crippen LogP contribution in [-0.2, 0) is 9.84 Å². The Balaban J connectivity index is 1.96. The normalized spacial score (nSPS) is 18.7. The van der Waals surface area contributed by atoms with E-state index < -0.39 is 9.84 Å². The summed E-state index contributed by atoms with van der Waals surface area (Å²) < 4.78 is 25.6. The van der Waals surface area contributed by atoms with Gasteiger partial charge in [0.15, 0.2) is 5.82 Å². The first-order valence-electron chi connectivity index (χ1n) is 6.50. The Hall–Kier alpha value is -1.48. The summed E-state index contributed by atoms with van der Waals surface area (Å²) in [6.07, 6.45) is 1.06. The highest BCUT2D eigenvalue weighted by Gasteiger charge is 2.28. The Morgan fingerprint density at radius 1 is 1.29 bits per heavy atom. The number of anilines is 1. The number of halogens is 1. The predicted molar refractivity (Wildman–Crippen MR) is 82.3 cm³/mol. The third kappa shape index (κ3) is 2.93. The van der Waals surface area contributed by atoms with Crippen LogP contribution in [0.15, 0.2) is 22.7 Å². The number of sulfone groups is 1. The molecule has 9 heteroatoms. The van der Waals surface area contributed by atoms with E-state index in [0.717, 1.165) is 10.0 Å². The zero-order chi connectivity index (χ0) is 15.0. The molecule has 0 aliphatic carbocycles. The second-order valence-electron chi connectivity index (χ2n) is 5.07. The Kier molecular flexibility index (Phi) is 3.70. The van der Waals surface area contributed by atoms with Gasteiger partial charge < -0.3 is 5.73 Å². The summed E-state index contributed by atoms with van der Waals surface area (Å²) in [6, 6.07) is 5.42. The van der Waals surface area contributed by atoms with Crippen molar-refractivity contribution in [2.75, 3.05) is 17.2 Å². The van der Waals surface area contributed by atoms with Crippen LogP contribution in [-0.4, -0.2) is 40.1 Å². The molecule has 0 amide bonds. The molecule has 1 saturated heterocycles. The zero-order valence-corrected chi connectivity index (χ0v) is 13.5. The van der Waals surface area contributed by atoms with Crippen molar-refractivity contribution in [1.29, 1.82) is 0 Å². The molecule has 0 saturated carbocycles. The lowest BCUT2D eigenvalue weighted by atomic mass is 10.1. The summed E-state index contributed by atoms with van der Waals surface area (Å²) >= 11 is 3.47. The summed E-state index contributed by atoms with van der Waals surface area (Å²) in [4.78, 5) is 0. The molecule has 7 nitrogen and oxygen atoms in total. The number of hydrogen-bond donors (Lipinski definition) is 1. The van der Waals surface area contributed by atoms with Gasteiger partial charge in [-0.05, 0) is 41.5 Å². The van der Waals surface area contributed by atoms with Crippen molar-refractivity contribution in [2.24, 2.45) is 0 Å². The maximum absolute atomic E-state index is 11.5. The van der Waals surface area contributed by atoms with Crippen molar-refractivity contribution in [2.45, 2.75) is 18.9 Å². The highest BCUT2D eigenvalue weighted by molar-refractivity contribution is 9.10. The van der Waals surface area contributed by atoms with Gasteiger partial charge in [-0.2, -0.15) is 0 Å². The average Bonchev–Trinajstić information content (AvgIpc) is 2.90. The molecule has 1 aliphatic heterocycles. The first-order chi connectivity index (χ1) is 9.96. The summed E-state index contributed by atoms with van der Waals surface area (Å²) in [5.41, 5.74) is 7.24. The van der Waals surface area contributed by atoms with Gasteiger partial charge in [0.05, 0.1) is 17.5 Å². The number of benzene rings is 1. The standard InChI is InChI=1S/C12H14BrN5O2S/c13-11-2-1-8(14)7-10(11)12-15-16-17-18(12)9-3-5-21(19,20)6-4-9/h1-2,7,9H,3-6,14H2. The molecule has 3 rings (SSSR count). The number of tetrazole rings is 1. The SMILES string of the molecule is Nc1ccc(Br)c(-c2nnnn2C2CCS(=O)(=O)CC2)c1. The van der Waals surface area contributed by atoms with Gasteiger partial charge in [0.1, 0.15) is 9.84 Å². The zero-order valence-electron chi connectivity index (χ0n) is 11.1. The van der Waals surface area contributed by atoms with E-state index in [1.807, 2.05) is 6.07 Å². The molecular formula is C12H14BrN5O2S. The second-order valence-corrected chi connectivity index (χ2v) is 8.23. The fraction of sp³-hybridized carbons (Fsp3) is 0.417. The molecule has 1 fully saturated rings. The van der Waals surface area contributed by atoms with Gasteiger partial charge in [-0.1, -0.05) is 15.9 Å². The predicted octanol–water partition coefficient (Wildman–Crippen LogP) is 1.43. The van der Waals surface area contributed by atoms with E-state index >= 15 is 0 Å². The summed E-state index contributed by atoms with van der Waals surface area (Å²) in [6.45, 7) is 0. The van der Waals surface area contributed by atoms with Gasteiger partial charge in [0.25, 0.3) is 0 Å². The minimum atomic E-state index is -2.91. The minimum Gasteiger partial charge on any atom is -0.399 e. The van der Waals surface area contributed by atoms with Crippen molar-refractivity contribution in [1.82, 2.24) is 20.2 Å². The van der Waals surface area contributed by atoms with Crippen LogP contribution in [0.5, 0.6) is 0 Å². The van der Waals surface area contributed by atoms with Gasteiger partial charge in [-0.3, -0.25) is 0 Å². The van der Waals surface area contributed by atoms with Crippen LogP contribution in [0.2, 0.25) is 0 Å². The molecule has 2 aromatic rings. The molecule has 21 heavy (non-hydrogen) atoms. The molecule has 0 radical (unpaired) electrons. The number of rotatable bonds is 2. The summed E-state index contributed by atoms with van der Waals surface area (Å²) in [5, 5.41) is 11.8. The lowest BCUT2D eigenvalue weighted by molar-refractivity contribution is 0.408. The molecule has 0 atom stereocenters. The van der Waals surface area contributed by atoms with Crippen LogP contribution in [0.25, 0.3) is 11.4 Å². The number of nitrogens with two attached hydrogens (primary N) is 1. The van der Waals surface area contributed by atoms with Crippen LogP contribution in [0.3, 0.4) is 0 Å². The molecular weight excluding hydrogens is 358 g/mol. The molecule has 112 valence electrons. The molecule has 0 unspecified atom stereocenters. The van der Waals surface area contributed by atoms with E-state index in [-0.39, 0.29) is 17.5 Å². The van der Waals surface area contributed by atoms with Crippen molar-refractivity contribution in [3.05, 3.63) is 22.7 Å². The van der Waals surface area contributed by atoms with Crippen LogP contribution >= 0.6 is 15.9 Å². The van der Waals surface area contributed by atoms with Gasteiger partial charge in [0, 0.05) is 15.7 Å². The van der Waals surface area contributed by atoms with E-state index in [1.165, 1.54) is 0 Å². The van der Waals surface area contributed by atoms with E-state index in [4.69, 9.17) is 5.73 Å². The second kappa shape index (κ2) is 5.38. The lowest BCUT2D eigenvalue weighted by Gasteiger charge is -2.22. The number of nitrogens with zero attached hydrogens (tertiary/aromatic N) is 4. The maximum Gasteiger partial charge on any atom is 0.183 e. The largest absolute Gasteiger partial charge is 0.399 e. The Morgan fingerprint density at radius 3 is 2.71 bits per heavy atom. The van der Waals surface area contributed by atoms with Gasteiger partial charge in [0.2, 0.25) is 0 Å². The Bertz CT molecular complexity index is 760. The van der Waals surface area contributed by atoms with E-state index in [2.05, 4.69) is 31.5 Å². The fourth-order valence-electron chi connectivity index (χ4n) is 2.45. The first kappa shape index (κ1) is 14.5. The van der Waals surface area contributed by atoms with E-state index in [1.54, 1.807) is 16.8 Å². The number of hydrogen-bond acceptors (Lipinski definition) is 6. The Labute approximate surface area is 130 Å². The summed E-state index contributed by atoms with van der Waals surface area (Å²) in [7, 11) is -2.91. The maximum atomic E-state index is 11.5. The molecule has 1 aromatic carbocycles. The third-order valence-electron chi connectivity index (χ3n) is 3.59. The van der Waals surface area contributed by atoms with Crippen LogP contribution in [0, 0.1) is 0 Å². The van der Waals surface area contributed by atoms with Crippen molar-refractivity contribution < 1.29 is 8.42 Å². The number of nitrogen functional groups attached to an aromatic ring is 1. The van der Waals surface area contributed by atoms with Crippen LogP contribution in [0.1, 0.15) is 18.9 Å².